The van der Waals surface area contributed by atoms with E-state index < -0.39 is 16.8 Å². The Labute approximate surface area is 280 Å². The largest absolute Gasteiger partial charge is 1.00 e. The molecule has 8 nitrogen and oxygen atoms in total. The Morgan fingerprint density at radius 3 is 1.86 bits per heavy atom. The van der Waals surface area contributed by atoms with E-state index in [9.17, 15) is 24.0 Å². The van der Waals surface area contributed by atoms with Gasteiger partial charge in [0.15, 0.2) is 11.6 Å². The third-order valence-corrected chi connectivity index (χ3v) is 10.5. The zero-order valence-corrected chi connectivity index (χ0v) is 28.0. The molecule has 0 aliphatic heterocycles. The summed E-state index contributed by atoms with van der Waals surface area (Å²) in [6.45, 7) is 3.56. The first-order valence-corrected chi connectivity index (χ1v) is 15.2. The summed E-state index contributed by atoms with van der Waals surface area (Å²) in [5.74, 6) is -0.0352. The number of rotatable bonds is 1. The number of ether oxygens (including phenoxy) is 1. The number of fused-ring (bicyclic) bond motifs is 2. The molecule has 3 unspecified atom stereocenters. The number of halogens is 2. The van der Waals surface area contributed by atoms with Crippen LogP contribution in [0.5, 0.6) is 0 Å². The van der Waals surface area contributed by atoms with E-state index in [0.29, 0.717) is 30.6 Å². The quantitative estimate of drug-likeness (QED) is 0.250. The van der Waals surface area contributed by atoms with Crippen molar-refractivity contribution < 1.29 is 58.5 Å². The van der Waals surface area contributed by atoms with Gasteiger partial charge in [0.2, 0.25) is 0 Å². The van der Waals surface area contributed by atoms with E-state index in [-0.39, 0.29) is 71.3 Å². The molecule has 2 aromatic carbocycles. The Hall–Kier alpha value is -1.93. The van der Waals surface area contributed by atoms with Crippen LogP contribution in [0.2, 0.25) is 0 Å². The molecule has 6 rings (SSSR count). The van der Waals surface area contributed by atoms with Gasteiger partial charge in [0.25, 0.3) is 0 Å². The fourth-order valence-electron chi connectivity index (χ4n) is 7.32. The summed E-state index contributed by atoms with van der Waals surface area (Å²) < 4.78 is 6.63. The molecule has 0 aromatic heterocycles. The van der Waals surface area contributed by atoms with Gasteiger partial charge >= 0.3 is 24.8 Å². The van der Waals surface area contributed by atoms with Crippen molar-refractivity contribution in [1.82, 2.24) is 0 Å². The second-order valence-electron chi connectivity index (χ2n) is 12.2. The molecule has 0 amide bonds. The van der Waals surface area contributed by atoms with E-state index in [2.05, 4.69) is 31.9 Å². The summed E-state index contributed by atoms with van der Waals surface area (Å²) in [6.07, 6.45) is 4.38. The topological polar surface area (TPSA) is 156 Å². The van der Waals surface area contributed by atoms with Gasteiger partial charge in [-0.1, -0.05) is 50.9 Å². The molecular formula is C32H35Br2LiO8. The van der Waals surface area contributed by atoms with Gasteiger partial charge in [-0.3, -0.25) is 24.0 Å². The van der Waals surface area contributed by atoms with Crippen LogP contribution in [0.4, 0.5) is 0 Å². The minimum absolute atomic E-state index is 0. The van der Waals surface area contributed by atoms with Crippen LogP contribution < -0.4 is 18.9 Å². The van der Waals surface area contributed by atoms with E-state index in [1.54, 1.807) is 6.92 Å². The normalized spacial score (nSPS) is 28.5. The van der Waals surface area contributed by atoms with E-state index in [4.69, 9.17) is 4.74 Å². The number of carbonyl (C=O) groups is 5. The molecule has 2 aromatic rings. The minimum Gasteiger partial charge on any atom is -0.870 e. The van der Waals surface area contributed by atoms with E-state index in [1.165, 1.54) is 7.11 Å². The molecule has 4 aliphatic rings. The van der Waals surface area contributed by atoms with Crippen LogP contribution in [0.3, 0.4) is 0 Å². The zero-order valence-electron chi connectivity index (χ0n) is 24.9. The van der Waals surface area contributed by atoms with Crippen molar-refractivity contribution in [2.24, 2.45) is 22.2 Å². The van der Waals surface area contributed by atoms with Crippen LogP contribution >= 0.6 is 31.9 Å². The predicted molar refractivity (Wildman–Crippen MR) is 162 cm³/mol. The first kappa shape index (κ1) is 37.3. The Kier molecular flexibility index (Phi) is 11.8. The van der Waals surface area contributed by atoms with Gasteiger partial charge < -0.3 is 15.7 Å². The van der Waals surface area contributed by atoms with Gasteiger partial charge in [-0.15, -0.1) is 0 Å². The van der Waals surface area contributed by atoms with Gasteiger partial charge in [0, 0.05) is 49.7 Å². The molecule has 43 heavy (non-hydrogen) atoms. The van der Waals surface area contributed by atoms with Crippen molar-refractivity contribution in [3.63, 3.8) is 0 Å². The van der Waals surface area contributed by atoms with Crippen LogP contribution in [0.1, 0.15) is 84.2 Å². The van der Waals surface area contributed by atoms with Crippen LogP contribution in [0, 0.1) is 22.2 Å². The molecule has 226 valence electrons. The van der Waals surface area contributed by atoms with Gasteiger partial charge in [-0.05, 0) is 80.8 Å². The summed E-state index contributed by atoms with van der Waals surface area (Å²) in [7, 11) is 1.28. The molecule has 2 fully saturated rings. The standard InChI is InChI=1S/C17H17BrO4.C15H15BrO2.Li.2H2O/c1-16(15(21)22-2)9-17(6-5-13(16)19)8-10-3-4-11(18)7-12(10)14(17)20;1-9-7-15(5-4-13(9)17)8-10-2-3-11(16)6-12(10)14(15)18;;;/h3-4,7H,5-6,8-9H2,1-2H3;2-3,6,9H,4-5,7-8H2,1H3;;2*1H2/q;;+1;;/p-1/t;9-,15?;;;/m.0.../s1. The molecule has 2 saturated carbocycles. The number of ketones is 4. The maximum atomic E-state index is 12.9. The van der Waals surface area contributed by atoms with Crippen LogP contribution in [-0.2, 0) is 32.0 Å². The first-order chi connectivity index (χ1) is 18.8. The number of Topliss-reactive ketones (excluding diaryl/α,β-unsaturated/α-hetero) is 4. The molecular weight excluding hydrogens is 679 g/mol. The average molecular weight is 714 g/mol. The van der Waals surface area contributed by atoms with Crippen LogP contribution in [0.15, 0.2) is 45.3 Å². The molecule has 0 heterocycles. The number of benzene rings is 2. The van der Waals surface area contributed by atoms with Crippen LogP contribution in [0.25, 0.3) is 0 Å². The minimum atomic E-state index is -1.22. The summed E-state index contributed by atoms with van der Waals surface area (Å²) in [5, 5.41) is 0. The average Bonchev–Trinajstić information content (AvgIpc) is 3.34. The Morgan fingerprint density at radius 1 is 0.860 bits per heavy atom. The summed E-state index contributed by atoms with van der Waals surface area (Å²) in [6, 6.07) is 11.6. The molecule has 2 spiro atoms. The first-order valence-electron chi connectivity index (χ1n) is 13.7. The zero-order chi connectivity index (χ0) is 29.0. The number of esters is 1. The monoisotopic (exact) mass is 712 g/mol. The van der Waals surface area contributed by atoms with Crippen molar-refractivity contribution in [2.75, 3.05) is 7.11 Å². The van der Waals surface area contributed by atoms with E-state index >= 15 is 0 Å². The summed E-state index contributed by atoms with van der Waals surface area (Å²) in [4.78, 5) is 61.6. The smallest absolute Gasteiger partial charge is 0.870 e. The van der Waals surface area contributed by atoms with Crippen molar-refractivity contribution in [2.45, 2.75) is 65.2 Å². The summed E-state index contributed by atoms with van der Waals surface area (Å²) in [5.41, 5.74) is 1.53. The van der Waals surface area contributed by atoms with Crippen molar-refractivity contribution in [3.05, 3.63) is 67.6 Å². The number of hydrogen-bond acceptors (Lipinski definition) is 7. The fourth-order valence-corrected chi connectivity index (χ4v) is 8.04. The molecule has 0 bridgehead atoms. The predicted octanol–water partition coefficient (Wildman–Crippen LogP) is 2.67. The maximum Gasteiger partial charge on any atom is 1.00 e. The molecule has 4 aliphatic carbocycles. The molecule has 0 radical (unpaired) electrons. The maximum absolute atomic E-state index is 12.9. The summed E-state index contributed by atoms with van der Waals surface area (Å²) >= 11 is 6.81. The molecule has 0 saturated heterocycles. The van der Waals surface area contributed by atoms with Crippen molar-refractivity contribution in [1.29, 1.82) is 0 Å². The second kappa shape index (κ2) is 13.6. The fraction of sp³-hybridized carbons (Fsp3) is 0.469. The Morgan fingerprint density at radius 2 is 1.35 bits per heavy atom. The van der Waals surface area contributed by atoms with E-state index in [1.807, 2.05) is 43.3 Å². The Bertz CT molecular complexity index is 1470. The van der Waals surface area contributed by atoms with Gasteiger partial charge in [0.05, 0.1) is 7.11 Å². The van der Waals surface area contributed by atoms with Crippen molar-refractivity contribution >= 4 is 61.0 Å². The second-order valence-corrected chi connectivity index (χ2v) is 14.0. The SMILES string of the molecule is COC(=O)C1(C)CC2(CCC1=O)Cc1ccc(Br)cc1C2=O.C[C@H]1CC2(CCC1=O)Cc1ccc(Br)cc1C2=O.O.[Li+].[OH-]. The van der Waals surface area contributed by atoms with Gasteiger partial charge in [-0.2, -0.15) is 0 Å². The number of carbonyl (C=O) groups excluding carboxylic acids is 5. The van der Waals surface area contributed by atoms with Crippen LogP contribution in [-0.4, -0.2) is 47.2 Å². The van der Waals surface area contributed by atoms with Gasteiger partial charge in [0.1, 0.15) is 17.0 Å². The Balaban J connectivity index is 0.000000285. The third kappa shape index (κ3) is 6.42. The van der Waals surface area contributed by atoms with Gasteiger partial charge in [-0.25, -0.2) is 0 Å². The molecule has 11 heteroatoms. The molecule has 4 atom stereocenters. The van der Waals surface area contributed by atoms with Crippen molar-refractivity contribution in [3.8, 4) is 0 Å². The number of methoxy groups -OCH3 is 1. The van der Waals surface area contributed by atoms with E-state index in [0.717, 1.165) is 44.9 Å². The number of hydrogen-bond donors (Lipinski definition) is 0. The third-order valence-electron chi connectivity index (χ3n) is 9.52. The molecule has 3 N–H and O–H groups in total.